The fraction of sp³-hybridized carbons (Fsp3) is 0.533. The second-order valence-electron chi connectivity index (χ2n) is 6.05. The van der Waals surface area contributed by atoms with Crippen molar-refractivity contribution in [3.05, 3.63) is 23.4 Å². The minimum atomic E-state index is -0.596. The average molecular weight is 309 g/mol. The van der Waals surface area contributed by atoms with Gasteiger partial charge >= 0.3 is 12.1 Å². The molecule has 0 fully saturated rings. The van der Waals surface area contributed by atoms with Crippen molar-refractivity contribution in [1.82, 2.24) is 9.88 Å². The quantitative estimate of drug-likeness (QED) is 0.859. The summed E-state index contributed by atoms with van der Waals surface area (Å²) in [6, 6.07) is 3.11. The maximum absolute atomic E-state index is 11.8. The van der Waals surface area contributed by atoms with E-state index >= 15 is 0 Å². The van der Waals surface area contributed by atoms with Crippen molar-refractivity contribution in [2.24, 2.45) is 0 Å². The third-order valence-electron chi connectivity index (χ3n) is 2.47. The molecule has 0 aromatic carbocycles. The van der Waals surface area contributed by atoms with Crippen molar-refractivity contribution in [1.29, 1.82) is 0 Å². The highest BCUT2D eigenvalue weighted by molar-refractivity contribution is 5.91. The SMILES string of the molecule is COC(=O)c1ccc(NC(=O)OC(C)(C)C)nc1CN(C)C. The maximum atomic E-state index is 11.8. The van der Waals surface area contributed by atoms with E-state index < -0.39 is 17.7 Å². The van der Waals surface area contributed by atoms with E-state index in [2.05, 4.69) is 10.3 Å². The summed E-state index contributed by atoms with van der Waals surface area (Å²) >= 11 is 0. The molecule has 0 bridgehead atoms. The fourth-order valence-corrected chi connectivity index (χ4v) is 1.70. The third kappa shape index (κ3) is 5.69. The van der Waals surface area contributed by atoms with Gasteiger partial charge in [-0.25, -0.2) is 14.6 Å². The molecule has 1 heterocycles. The van der Waals surface area contributed by atoms with Gasteiger partial charge in [0.05, 0.1) is 18.4 Å². The third-order valence-corrected chi connectivity index (χ3v) is 2.47. The Kier molecular flexibility index (Phi) is 5.87. The molecule has 0 aliphatic carbocycles. The first kappa shape index (κ1) is 17.9. The number of pyridine rings is 1. The summed E-state index contributed by atoms with van der Waals surface area (Å²) in [5, 5.41) is 2.55. The van der Waals surface area contributed by atoms with Crippen molar-refractivity contribution in [3.8, 4) is 0 Å². The van der Waals surface area contributed by atoms with E-state index in [-0.39, 0.29) is 0 Å². The summed E-state index contributed by atoms with van der Waals surface area (Å²) in [6.07, 6.45) is -0.596. The van der Waals surface area contributed by atoms with E-state index in [1.807, 2.05) is 19.0 Å². The standard InChI is InChI=1S/C15H23N3O4/c1-15(2,3)22-14(20)17-12-8-7-10(13(19)21-6)11(16-12)9-18(4)5/h7-8H,9H2,1-6H3,(H,16,17,20). The number of aromatic nitrogens is 1. The lowest BCUT2D eigenvalue weighted by atomic mass is 10.2. The van der Waals surface area contributed by atoms with Gasteiger partial charge in [0.15, 0.2) is 0 Å². The Balaban J connectivity index is 2.98. The summed E-state index contributed by atoms with van der Waals surface area (Å²) in [4.78, 5) is 29.7. The number of hydrogen-bond donors (Lipinski definition) is 1. The van der Waals surface area contributed by atoms with E-state index in [1.54, 1.807) is 26.8 Å². The normalized spacial score (nSPS) is 11.2. The molecule has 7 nitrogen and oxygen atoms in total. The molecule has 0 spiro atoms. The molecule has 1 aromatic rings. The van der Waals surface area contributed by atoms with Gasteiger partial charge in [-0.2, -0.15) is 0 Å². The number of rotatable bonds is 4. The minimum Gasteiger partial charge on any atom is -0.465 e. The second kappa shape index (κ2) is 7.22. The Morgan fingerprint density at radius 3 is 2.41 bits per heavy atom. The summed E-state index contributed by atoms with van der Waals surface area (Å²) in [5.41, 5.74) is 0.291. The molecule has 7 heteroatoms. The lowest BCUT2D eigenvalue weighted by Crippen LogP contribution is -2.27. The minimum absolute atomic E-state index is 0.318. The molecule has 1 amide bonds. The zero-order valence-electron chi connectivity index (χ0n) is 13.9. The van der Waals surface area contributed by atoms with Crippen LogP contribution in [0.2, 0.25) is 0 Å². The van der Waals surface area contributed by atoms with Crippen LogP contribution in [0.5, 0.6) is 0 Å². The van der Waals surface area contributed by atoms with Crippen LogP contribution in [-0.4, -0.2) is 48.8 Å². The average Bonchev–Trinajstić information content (AvgIpc) is 2.35. The molecule has 1 aromatic heterocycles. The van der Waals surface area contributed by atoms with Crippen molar-refractivity contribution in [3.63, 3.8) is 0 Å². The summed E-state index contributed by atoms with van der Waals surface area (Å²) in [7, 11) is 5.03. The van der Waals surface area contributed by atoms with Gasteiger partial charge in [0.2, 0.25) is 0 Å². The summed E-state index contributed by atoms with van der Waals surface area (Å²) < 4.78 is 9.91. The molecule has 1 rings (SSSR count). The molecule has 0 saturated carbocycles. The van der Waals surface area contributed by atoms with Crippen molar-refractivity contribution in [2.75, 3.05) is 26.5 Å². The number of anilines is 1. The Morgan fingerprint density at radius 2 is 1.91 bits per heavy atom. The molecule has 1 N–H and O–H groups in total. The van der Waals surface area contributed by atoms with Gasteiger partial charge in [0, 0.05) is 6.54 Å². The molecule has 0 atom stereocenters. The number of hydrogen-bond acceptors (Lipinski definition) is 6. The number of nitrogens with one attached hydrogen (secondary N) is 1. The predicted octanol–water partition coefficient (Wildman–Crippen LogP) is 2.28. The molecule has 22 heavy (non-hydrogen) atoms. The first-order chi connectivity index (χ1) is 10.1. The van der Waals surface area contributed by atoms with E-state index in [0.29, 0.717) is 23.6 Å². The van der Waals surface area contributed by atoms with Crippen molar-refractivity contribution in [2.45, 2.75) is 32.9 Å². The number of ether oxygens (including phenoxy) is 2. The molecule has 122 valence electrons. The Hall–Kier alpha value is -2.15. The van der Waals surface area contributed by atoms with Crippen molar-refractivity contribution < 1.29 is 19.1 Å². The van der Waals surface area contributed by atoms with Crippen LogP contribution in [0.15, 0.2) is 12.1 Å². The molecule has 0 aliphatic rings. The number of esters is 1. The largest absolute Gasteiger partial charge is 0.465 e. The molecular formula is C15H23N3O4. The molecule has 0 unspecified atom stereocenters. The van der Waals surface area contributed by atoms with E-state index in [0.717, 1.165) is 0 Å². The fourth-order valence-electron chi connectivity index (χ4n) is 1.70. The lowest BCUT2D eigenvalue weighted by Gasteiger charge is -2.20. The monoisotopic (exact) mass is 309 g/mol. The van der Waals surface area contributed by atoms with E-state index in [4.69, 9.17) is 9.47 Å². The summed E-state index contributed by atoms with van der Waals surface area (Å²) in [5.74, 6) is -0.146. The van der Waals surface area contributed by atoms with Gasteiger partial charge in [-0.15, -0.1) is 0 Å². The van der Waals surface area contributed by atoms with Crippen LogP contribution in [0.25, 0.3) is 0 Å². The highest BCUT2D eigenvalue weighted by atomic mass is 16.6. The molecular weight excluding hydrogens is 286 g/mol. The van der Waals surface area contributed by atoms with Crippen LogP contribution in [0.1, 0.15) is 36.8 Å². The summed E-state index contributed by atoms with van der Waals surface area (Å²) in [6.45, 7) is 5.77. The Morgan fingerprint density at radius 1 is 1.27 bits per heavy atom. The Labute approximate surface area is 130 Å². The topological polar surface area (TPSA) is 80.8 Å². The first-order valence-electron chi connectivity index (χ1n) is 6.85. The van der Waals surface area contributed by atoms with Crippen LogP contribution >= 0.6 is 0 Å². The number of methoxy groups -OCH3 is 1. The number of carbonyl (C=O) groups excluding carboxylic acids is 2. The smallest absolute Gasteiger partial charge is 0.413 e. The van der Waals surface area contributed by atoms with Gasteiger partial charge < -0.3 is 14.4 Å². The predicted molar refractivity (Wildman–Crippen MR) is 82.8 cm³/mol. The van der Waals surface area contributed by atoms with E-state index in [9.17, 15) is 9.59 Å². The number of carbonyl (C=O) groups is 2. The Bertz CT molecular complexity index is 550. The highest BCUT2D eigenvalue weighted by Crippen LogP contribution is 2.15. The highest BCUT2D eigenvalue weighted by Gasteiger charge is 2.18. The first-order valence-corrected chi connectivity index (χ1v) is 6.85. The number of nitrogens with zero attached hydrogens (tertiary/aromatic N) is 2. The van der Waals surface area contributed by atoms with Gasteiger partial charge in [-0.1, -0.05) is 0 Å². The number of amides is 1. The maximum Gasteiger partial charge on any atom is 0.413 e. The van der Waals surface area contributed by atoms with E-state index in [1.165, 1.54) is 13.2 Å². The van der Waals surface area contributed by atoms with Gasteiger partial charge in [0.25, 0.3) is 0 Å². The van der Waals surface area contributed by atoms with Crippen molar-refractivity contribution >= 4 is 17.9 Å². The van der Waals surface area contributed by atoms with Crippen LogP contribution in [0, 0.1) is 0 Å². The van der Waals surface area contributed by atoms with Gasteiger partial charge in [0.1, 0.15) is 11.4 Å². The van der Waals surface area contributed by atoms with Gasteiger partial charge in [-0.05, 0) is 47.0 Å². The van der Waals surface area contributed by atoms with Gasteiger partial charge in [-0.3, -0.25) is 5.32 Å². The molecule has 0 aliphatic heterocycles. The second-order valence-corrected chi connectivity index (χ2v) is 6.05. The van der Waals surface area contributed by atoms with Crippen LogP contribution < -0.4 is 5.32 Å². The van der Waals surface area contributed by atoms with Crippen LogP contribution in [-0.2, 0) is 16.0 Å². The lowest BCUT2D eigenvalue weighted by molar-refractivity contribution is 0.0596. The molecule has 0 saturated heterocycles. The zero-order valence-corrected chi connectivity index (χ0v) is 13.9. The molecule has 0 radical (unpaired) electrons. The van der Waals surface area contributed by atoms with Crippen LogP contribution in [0.4, 0.5) is 10.6 Å². The van der Waals surface area contributed by atoms with Crippen LogP contribution in [0.3, 0.4) is 0 Å². The zero-order chi connectivity index (χ0) is 16.9.